The summed E-state index contributed by atoms with van der Waals surface area (Å²) in [6, 6.07) is 5.97. The lowest BCUT2D eigenvalue weighted by molar-refractivity contribution is 0.0696. The van der Waals surface area contributed by atoms with Gasteiger partial charge in [-0.3, -0.25) is 0 Å². The Morgan fingerprint density at radius 3 is 2.83 bits per heavy atom. The van der Waals surface area contributed by atoms with E-state index < -0.39 is 5.97 Å². The van der Waals surface area contributed by atoms with Crippen molar-refractivity contribution in [3.63, 3.8) is 0 Å². The Morgan fingerprint density at radius 1 is 1.44 bits per heavy atom. The zero-order valence-electron chi connectivity index (χ0n) is 10.7. The lowest BCUT2D eigenvalue weighted by atomic mass is 9.91. The normalized spacial score (nSPS) is 24.1. The third-order valence-electron chi connectivity index (χ3n) is 3.89. The van der Waals surface area contributed by atoms with E-state index in [9.17, 15) is 9.90 Å². The number of halogens is 1. The van der Waals surface area contributed by atoms with E-state index in [4.69, 9.17) is 0 Å². The molecule has 0 spiro atoms. The van der Waals surface area contributed by atoms with Gasteiger partial charge >= 0.3 is 5.97 Å². The summed E-state index contributed by atoms with van der Waals surface area (Å²) in [5, 5.41) is 9.37. The molecule has 18 heavy (non-hydrogen) atoms. The van der Waals surface area contributed by atoms with Gasteiger partial charge in [0.05, 0.1) is 11.3 Å². The topological polar surface area (TPSA) is 40.5 Å². The van der Waals surface area contributed by atoms with Crippen molar-refractivity contribution in [1.82, 2.24) is 0 Å². The van der Waals surface area contributed by atoms with Gasteiger partial charge in [-0.1, -0.05) is 13.0 Å². The molecule has 2 atom stereocenters. The van der Waals surface area contributed by atoms with Crippen molar-refractivity contribution in [2.75, 3.05) is 11.4 Å². The van der Waals surface area contributed by atoms with Crippen LogP contribution in [-0.2, 0) is 0 Å². The number of benzene rings is 1. The average molecular weight is 312 g/mol. The molecule has 1 aliphatic rings. The van der Waals surface area contributed by atoms with Gasteiger partial charge in [0.25, 0.3) is 0 Å². The van der Waals surface area contributed by atoms with E-state index in [1.165, 1.54) is 6.42 Å². The van der Waals surface area contributed by atoms with Crippen LogP contribution >= 0.6 is 15.9 Å². The number of carbonyl (C=O) groups is 1. The van der Waals surface area contributed by atoms with Crippen molar-refractivity contribution in [1.29, 1.82) is 0 Å². The molecule has 4 heteroatoms. The first-order valence-electron chi connectivity index (χ1n) is 6.31. The monoisotopic (exact) mass is 311 g/mol. The molecule has 3 nitrogen and oxygen atoms in total. The minimum Gasteiger partial charge on any atom is -0.478 e. The Balaban J connectivity index is 2.44. The van der Waals surface area contributed by atoms with Gasteiger partial charge in [0, 0.05) is 17.1 Å². The number of nitrogens with zero attached hydrogens (tertiary/aromatic N) is 1. The van der Waals surface area contributed by atoms with Gasteiger partial charge in [0.1, 0.15) is 0 Å². The van der Waals surface area contributed by atoms with E-state index in [2.05, 4.69) is 34.7 Å². The summed E-state index contributed by atoms with van der Waals surface area (Å²) < 4.78 is 0.651. The molecule has 1 fully saturated rings. The van der Waals surface area contributed by atoms with Crippen molar-refractivity contribution >= 4 is 27.6 Å². The fourth-order valence-electron chi connectivity index (χ4n) is 2.64. The molecular formula is C14H18BrNO2. The first-order chi connectivity index (χ1) is 8.52. The smallest absolute Gasteiger partial charge is 0.338 e. The fraction of sp³-hybridized carbons (Fsp3) is 0.500. The number of hydrogen-bond donors (Lipinski definition) is 1. The SMILES string of the molecule is CC1CCCN(c2cccc(Br)c2C(=O)O)C1C. The molecule has 0 amide bonds. The molecule has 0 radical (unpaired) electrons. The second kappa shape index (κ2) is 5.31. The van der Waals surface area contributed by atoms with Crippen LogP contribution in [0.25, 0.3) is 0 Å². The summed E-state index contributed by atoms with van der Waals surface area (Å²) in [4.78, 5) is 13.6. The van der Waals surface area contributed by atoms with Crippen molar-refractivity contribution in [3.8, 4) is 0 Å². The van der Waals surface area contributed by atoms with Gasteiger partial charge in [0.2, 0.25) is 0 Å². The van der Waals surface area contributed by atoms with Gasteiger partial charge in [0.15, 0.2) is 0 Å². The number of carboxylic acid groups (broad SMARTS) is 1. The standard InChI is InChI=1S/C14H18BrNO2/c1-9-5-4-8-16(10(9)2)12-7-3-6-11(15)13(12)14(17)18/h3,6-7,9-10H,4-5,8H2,1-2H3,(H,17,18). The Bertz CT molecular complexity index is 461. The van der Waals surface area contributed by atoms with Crippen LogP contribution in [0.1, 0.15) is 37.0 Å². The predicted molar refractivity (Wildman–Crippen MR) is 76.3 cm³/mol. The van der Waals surface area contributed by atoms with Crippen LogP contribution in [0.5, 0.6) is 0 Å². The van der Waals surface area contributed by atoms with Crippen molar-refractivity contribution in [3.05, 3.63) is 28.2 Å². The quantitative estimate of drug-likeness (QED) is 0.903. The van der Waals surface area contributed by atoms with Crippen LogP contribution in [0.15, 0.2) is 22.7 Å². The molecule has 0 bridgehead atoms. The van der Waals surface area contributed by atoms with Crippen molar-refractivity contribution in [2.45, 2.75) is 32.7 Å². The number of aromatic carboxylic acids is 1. The number of rotatable bonds is 2. The second-order valence-electron chi connectivity index (χ2n) is 4.99. The fourth-order valence-corrected chi connectivity index (χ4v) is 3.16. The van der Waals surface area contributed by atoms with Crippen molar-refractivity contribution in [2.24, 2.45) is 5.92 Å². The molecule has 1 aromatic carbocycles. The molecule has 1 saturated heterocycles. The zero-order chi connectivity index (χ0) is 13.3. The third kappa shape index (κ3) is 2.39. The summed E-state index contributed by atoms with van der Waals surface area (Å²) in [6.07, 6.45) is 2.34. The predicted octanol–water partition coefficient (Wildman–Crippen LogP) is 3.77. The number of hydrogen-bond acceptors (Lipinski definition) is 2. The Morgan fingerprint density at radius 2 is 2.17 bits per heavy atom. The van der Waals surface area contributed by atoms with E-state index in [1.54, 1.807) is 6.07 Å². The van der Waals surface area contributed by atoms with Crippen LogP contribution in [0.2, 0.25) is 0 Å². The maximum atomic E-state index is 11.4. The van der Waals surface area contributed by atoms with Gasteiger partial charge in [-0.2, -0.15) is 0 Å². The molecule has 1 N–H and O–H groups in total. The Kier molecular flexibility index (Phi) is 3.95. The summed E-state index contributed by atoms with van der Waals surface area (Å²) in [6.45, 7) is 5.34. The maximum Gasteiger partial charge on any atom is 0.338 e. The summed E-state index contributed by atoms with van der Waals surface area (Å²) in [5.41, 5.74) is 1.20. The molecule has 0 saturated carbocycles. The first-order valence-corrected chi connectivity index (χ1v) is 7.10. The summed E-state index contributed by atoms with van der Waals surface area (Å²) in [5.74, 6) is -0.276. The van der Waals surface area contributed by atoms with Crippen LogP contribution in [-0.4, -0.2) is 23.7 Å². The summed E-state index contributed by atoms with van der Waals surface area (Å²) in [7, 11) is 0. The lowest BCUT2D eigenvalue weighted by Crippen LogP contribution is -2.43. The minimum atomic E-state index is -0.872. The third-order valence-corrected chi connectivity index (χ3v) is 4.55. The van der Waals surface area contributed by atoms with Crippen LogP contribution < -0.4 is 4.90 Å². The van der Waals surface area contributed by atoms with Gasteiger partial charge in [-0.15, -0.1) is 0 Å². The highest BCUT2D eigenvalue weighted by Crippen LogP contribution is 2.33. The van der Waals surface area contributed by atoms with Crippen molar-refractivity contribution < 1.29 is 9.90 Å². The molecule has 2 rings (SSSR count). The number of anilines is 1. The second-order valence-corrected chi connectivity index (χ2v) is 5.85. The Hall–Kier alpha value is -1.03. The van der Waals surface area contributed by atoms with E-state index in [0.717, 1.165) is 18.7 Å². The van der Waals surface area contributed by atoms with Crippen LogP contribution in [0, 0.1) is 5.92 Å². The highest BCUT2D eigenvalue weighted by atomic mass is 79.9. The van der Waals surface area contributed by atoms with E-state index >= 15 is 0 Å². The van der Waals surface area contributed by atoms with E-state index in [0.29, 0.717) is 22.0 Å². The zero-order valence-corrected chi connectivity index (χ0v) is 12.3. The minimum absolute atomic E-state index is 0.374. The lowest BCUT2D eigenvalue weighted by Gasteiger charge is -2.40. The maximum absolute atomic E-state index is 11.4. The molecular weight excluding hydrogens is 294 g/mol. The highest BCUT2D eigenvalue weighted by molar-refractivity contribution is 9.10. The largest absolute Gasteiger partial charge is 0.478 e. The number of piperidine rings is 1. The van der Waals surface area contributed by atoms with E-state index in [-0.39, 0.29) is 0 Å². The Labute approximate surface area is 116 Å². The van der Waals surface area contributed by atoms with Crippen LogP contribution in [0.4, 0.5) is 5.69 Å². The van der Waals surface area contributed by atoms with Gasteiger partial charge in [-0.05, 0) is 53.7 Å². The highest BCUT2D eigenvalue weighted by Gasteiger charge is 2.28. The molecule has 1 aromatic rings. The van der Waals surface area contributed by atoms with Gasteiger partial charge < -0.3 is 10.0 Å². The van der Waals surface area contributed by atoms with E-state index in [1.807, 2.05) is 12.1 Å². The first kappa shape index (κ1) is 13.4. The molecule has 98 valence electrons. The molecule has 0 aliphatic carbocycles. The molecule has 1 heterocycles. The molecule has 1 aliphatic heterocycles. The van der Waals surface area contributed by atoms with Crippen LogP contribution in [0.3, 0.4) is 0 Å². The van der Waals surface area contributed by atoms with Gasteiger partial charge in [-0.25, -0.2) is 4.79 Å². The molecule has 2 unspecified atom stereocenters. The average Bonchev–Trinajstić information content (AvgIpc) is 2.32. The summed E-state index contributed by atoms with van der Waals surface area (Å²) >= 11 is 3.34. The molecule has 0 aromatic heterocycles. The number of carboxylic acids is 1.